The molecular weight excluding hydrogens is 608 g/mol. The molecule has 4 aliphatic rings. The number of benzene rings is 2. The van der Waals surface area contributed by atoms with Gasteiger partial charge in [0.15, 0.2) is 0 Å². The second-order valence-electron chi connectivity index (χ2n) is 17.0. The van der Waals surface area contributed by atoms with Crippen LogP contribution in [0.4, 0.5) is 11.4 Å². The predicted molar refractivity (Wildman–Crippen MR) is 199 cm³/mol. The van der Waals surface area contributed by atoms with Crippen LogP contribution in [0.25, 0.3) is 6.08 Å². The number of carboxylic acids is 1. The van der Waals surface area contributed by atoms with Crippen LogP contribution >= 0.6 is 0 Å². The summed E-state index contributed by atoms with van der Waals surface area (Å²) in [7, 11) is 0. The third-order valence-electron chi connectivity index (χ3n) is 13.6. The number of allylic oxidation sites excluding steroid dienone is 2. The van der Waals surface area contributed by atoms with Crippen molar-refractivity contribution in [3.05, 3.63) is 70.8 Å². The summed E-state index contributed by atoms with van der Waals surface area (Å²) in [5, 5.41) is 9.27. The van der Waals surface area contributed by atoms with E-state index in [-0.39, 0.29) is 11.3 Å². The highest BCUT2D eigenvalue weighted by atomic mass is 16.5. The van der Waals surface area contributed by atoms with Crippen LogP contribution in [0.15, 0.2) is 54.1 Å². The van der Waals surface area contributed by atoms with Crippen molar-refractivity contribution in [2.75, 3.05) is 11.5 Å². The molecule has 6 heteroatoms. The van der Waals surface area contributed by atoms with Crippen LogP contribution in [-0.2, 0) is 4.79 Å². The van der Waals surface area contributed by atoms with Crippen LogP contribution in [-0.4, -0.2) is 17.0 Å². The molecule has 0 bridgehead atoms. The number of aliphatic carboxylic acids is 1. The van der Waals surface area contributed by atoms with Gasteiger partial charge >= 0.3 is 11.9 Å². The van der Waals surface area contributed by atoms with Gasteiger partial charge in [0.2, 0.25) is 0 Å². The number of nitrogens with two attached hydrogens (primary N) is 2. The van der Waals surface area contributed by atoms with Gasteiger partial charge in [0.25, 0.3) is 0 Å². The Morgan fingerprint density at radius 1 is 0.959 bits per heavy atom. The third kappa shape index (κ3) is 7.07. The summed E-state index contributed by atoms with van der Waals surface area (Å²) in [5.74, 6) is 3.93. The Morgan fingerprint density at radius 2 is 1.71 bits per heavy atom. The molecule has 0 heterocycles. The zero-order valence-corrected chi connectivity index (χ0v) is 30.3. The molecule has 2 aromatic carbocycles. The number of carboxylic acid groups (broad SMARTS) is 1. The molecule has 3 fully saturated rings. The van der Waals surface area contributed by atoms with Crippen molar-refractivity contribution in [1.82, 2.24) is 0 Å². The maximum Gasteiger partial charge on any atom is 0.343 e. The van der Waals surface area contributed by atoms with Crippen LogP contribution < -0.4 is 16.2 Å². The van der Waals surface area contributed by atoms with Crippen molar-refractivity contribution in [1.29, 1.82) is 0 Å². The number of carbonyl (C=O) groups is 2. The first-order valence-electron chi connectivity index (χ1n) is 18.9. The maximum atomic E-state index is 13.3. The molecule has 0 amide bonds. The molecule has 6 nitrogen and oxygen atoms in total. The fraction of sp³-hybridized carbons (Fsp3) is 0.581. The Labute approximate surface area is 293 Å². The Balaban J connectivity index is 1.23. The molecule has 3 saturated carbocycles. The molecule has 49 heavy (non-hydrogen) atoms. The Morgan fingerprint density at radius 3 is 2.43 bits per heavy atom. The number of esters is 1. The quantitative estimate of drug-likeness (QED) is 0.0764. The molecule has 2 aromatic rings. The second kappa shape index (κ2) is 14.0. The molecule has 264 valence electrons. The molecular formula is C43H58N2O4. The summed E-state index contributed by atoms with van der Waals surface area (Å²) in [6.45, 7) is 12.5. The smallest absolute Gasteiger partial charge is 0.343 e. The number of rotatable bonds is 10. The fourth-order valence-corrected chi connectivity index (χ4v) is 11.2. The van der Waals surface area contributed by atoms with Crippen molar-refractivity contribution >= 4 is 29.4 Å². The average molecular weight is 667 g/mol. The van der Waals surface area contributed by atoms with Crippen LogP contribution in [0.5, 0.6) is 5.75 Å². The van der Waals surface area contributed by atoms with E-state index >= 15 is 0 Å². The van der Waals surface area contributed by atoms with E-state index in [2.05, 4.69) is 40.7 Å². The number of carbonyl (C=O) groups excluding carboxylic acids is 1. The fourth-order valence-electron chi connectivity index (χ4n) is 11.2. The van der Waals surface area contributed by atoms with E-state index in [0.29, 0.717) is 28.1 Å². The van der Waals surface area contributed by atoms with Gasteiger partial charge in [0.1, 0.15) is 5.75 Å². The SMILES string of the molecule is CC(C)CCC[C@@H](C)[C@H]1CCC2C3CC=C4CC(c5cc(C=CC(=O)O)ccc5OC(=O)c5cc(N)cc(N)c5)CC[C@]4(C)C3CC[C@@]21C. The lowest BCUT2D eigenvalue weighted by Gasteiger charge is -2.58. The van der Waals surface area contributed by atoms with Gasteiger partial charge in [-0.15, -0.1) is 0 Å². The summed E-state index contributed by atoms with van der Waals surface area (Å²) >= 11 is 0. The van der Waals surface area contributed by atoms with Crippen molar-refractivity contribution < 1.29 is 19.4 Å². The normalized spacial score (nSPS) is 31.5. The van der Waals surface area contributed by atoms with Gasteiger partial charge in [-0.2, -0.15) is 0 Å². The molecule has 6 rings (SSSR count). The first-order chi connectivity index (χ1) is 23.3. The minimum atomic E-state index is -0.996. The van der Waals surface area contributed by atoms with Gasteiger partial charge in [0.05, 0.1) is 5.56 Å². The van der Waals surface area contributed by atoms with Crippen LogP contribution in [0.2, 0.25) is 0 Å². The van der Waals surface area contributed by atoms with Crippen molar-refractivity contribution in [3.63, 3.8) is 0 Å². The van der Waals surface area contributed by atoms with Gasteiger partial charge in [-0.25, -0.2) is 9.59 Å². The molecule has 4 aliphatic carbocycles. The monoisotopic (exact) mass is 666 g/mol. The number of hydrogen-bond donors (Lipinski definition) is 3. The Hall–Kier alpha value is -3.54. The lowest BCUT2D eigenvalue weighted by molar-refractivity contribution is -0.131. The van der Waals surface area contributed by atoms with E-state index in [1.54, 1.807) is 42.0 Å². The highest BCUT2D eigenvalue weighted by Crippen LogP contribution is 2.68. The summed E-state index contributed by atoms with van der Waals surface area (Å²) in [6.07, 6.45) is 19.1. The summed E-state index contributed by atoms with van der Waals surface area (Å²) in [4.78, 5) is 24.6. The molecule has 4 unspecified atom stereocenters. The largest absolute Gasteiger partial charge is 0.478 e. The van der Waals surface area contributed by atoms with Crippen LogP contribution in [0.1, 0.15) is 133 Å². The number of hydrogen-bond acceptors (Lipinski definition) is 5. The highest BCUT2D eigenvalue weighted by Gasteiger charge is 2.59. The molecule has 0 spiro atoms. The lowest BCUT2D eigenvalue weighted by atomic mass is 9.46. The first-order valence-corrected chi connectivity index (χ1v) is 18.9. The van der Waals surface area contributed by atoms with Crippen molar-refractivity contribution in [3.8, 4) is 5.75 Å². The summed E-state index contributed by atoms with van der Waals surface area (Å²) in [6, 6.07) is 10.4. The van der Waals surface area contributed by atoms with Crippen molar-refractivity contribution in [2.24, 2.45) is 46.3 Å². The number of anilines is 2. The molecule has 0 aromatic heterocycles. The van der Waals surface area contributed by atoms with E-state index < -0.39 is 11.9 Å². The van der Waals surface area contributed by atoms with E-state index in [4.69, 9.17) is 16.2 Å². The molecule has 0 saturated heterocycles. The predicted octanol–water partition coefficient (Wildman–Crippen LogP) is 10.3. The second-order valence-corrected chi connectivity index (χ2v) is 17.0. The Kier molecular flexibility index (Phi) is 10.1. The number of nitrogen functional groups attached to an aromatic ring is 2. The summed E-state index contributed by atoms with van der Waals surface area (Å²) < 4.78 is 6.04. The van der Waals surface area contributed by atoms with Gasteiger partial charge in [0, 0.05) is 17.5 Å². The Bertz CT molecular complexity index is 1610. The topological polar surface area (TPSA) is 116 Å². The number of fused-ring (bicyclic) bond motifs is 5. The molecule has 5 N–H and O–H groups in total. The zero-order chi connectivity index (χ0) is 35.1. The van der Waals surface area contributed by atoms with E-state index in [1.165, 1.54) is 51.4 Å². The minimum absolute atomic E-state index is 0.166. The van der Waals surface area contributed by atoms with E-state index in [9.17, 15) is 14.7 Å². The summed E-state index contributed by atoms with van der Waals surface area (Å²) in [5.41, 5.74) is 17.0. The average Bonchev–Trinajstić information content (AvgIpc) is 3.40. The van der Waals surface area contributed by atoms with Gasteiger partial charge in [-0.3, -0.25) is 0 Å². The third-order valence-corrected chi connectivity index (χ3v) is 13.6. The molecule has 8 atom stereocenters. The highest BCUT2D eigenvalue weighted by molar-refractivity contribution is 5.93. The van der Waals surface area contributed by atoms with Gasteiger partial charge in [-0.1, -0.05) is 71.6 Å². The maximum absolute atomic E-state index is 13.3. The van der Waals surface area contributed by atoms with Gasteiger partial charge < -0.3 is 21.3 Å². The standard InChI is InChI=1S/C43H58N2O4/c1-26(2)7-6-8-27(3)36-13-14-37-34-12-11-31-22-29(17-19-42(31,4)38(34)18-20-43(36,37)5)35-21-28(10-16-40(46)47)9-15-39(35)49-41(48)30-23-32(44)25-33(45)24-30/h9-11,15-16,21,23-27,29,34,36-38H,6-8,12-14,17-20,22,44-45H2,1-5H3,(H,46,47)/t27-,29?,34?,36-,37?,38?,42+,43-/m1/s1. The van der Waals surface area contributed by atoms with Crippen LogP contribution in [0.3, 0.4) is 0 Å². The minimum Gasteiger partial charge on any atom is -0.478 e. The zero-order valence-electron chi connectivity index (χ0n) is 30.3. The molecule has 0 aliphatic heterocycles. The molecule has 0 radical (unpaired) electrons. The first kappa shape index (κ1) is 35.3. The van der Waals surface area contributed by atoms with Gasteiger partial charge in [-0.05, 0) is 151 Å². The number of ether oxygens (including phenoxy) is 1. The van der Waals surface area contributed by atoms with Crippen molar-refractivity contribution in [2.45, 2.75) is 111 Å². The van der Waals surface area contributed by atoms with E-state index in [0.717, 1.165) is 72.0 Å². The van der Waals surface area contributed by atoms with E-state index in [1.807, 2.05) is 6.07 Å². The lowest BCUT2D eigenvalue weighted by Crippen LogP contribution is -2.50. The van der Waals surface area contributed by atoms with Crippen LogP contribution in [0, 0.1) is 46.3 Å².